The van der Waals surface area contributed by atoms with Gasteiger partial charge in [-0.2, -0.15) is 13.2 Å². The lowest BCUT2D eigenvalue weighted by molar-refractivity contribution is -0.144. The minimum atomic E-state index is -4.52. The molecule has 0 fully saturated rings. The smallest absolute Gasteiger partial charge is 0.312 e. The Morgan fingerprint density at radius 1 is 1.30 bits per heavy atom. The fourth-order valence-electron chi connectivity index (χ4n) is 1.99. The first-order chi connectivity index (χ1) is 9.27. The van der Waals surface area contributed by atoms with Crippen molar-refractivity contribution in [2.45, 2.75) is 46.0 Å². The van der Waals surface area contributed by atoms with Crippen molar-refractivity contribution in [3.63, 3.8) is 0 Å². The maximum atomic E-state index is 13.0. The van der Waals surface area contributed by atoms with E-state index in [1.165, 1.54) is 0 Å². The van der Waals surface area contributed by atoms with Gasteiger partial charge in [0, 0.05) is 18.7 Å². The Kier molecular flexibility index (Phi) is 5.80. The van der Waals surface area contributed by atoms with Gasteiger partial charge in [0.05, 0.1) is 0 Å². The molecule has 1 aromatic rings. The van der Waals surface area contributed by atoms with Crippen molar-refractivity contribution in [3.05, 3.63) is 34.2 Å². The number of halogens is 3. The molecule has 1 N–H and O–H groups in total. The molecular weight excluding hydrogens is 269 g/mol. The van der Waals surface area contributed by atoms with Crippen LogP contribution in [-0.2, 0) is 12.7 Å². The molecule has 0 aromatic carbocycles. The Morgan fingerprint density at radius 2 is 1.95 bits per heavy atom. The summed E-state index contributed by atoms with van der Waals surface area (Å²) in [6, 6.07) is 3.08. The number of alkyl halides is 3. The van der Waals surface area contributed by atoms with E-state index in [9.17, 15) is 18.0 Å². The SMILES string of the molecule is CCCNC(Cn1c(C(F)(F)F)cccc1=O)C(C)C. The van der Waals surface area contributed by atoms with Crippen LogP contribution in [0.3, 0.4) is 0 Å². The second kappa shape index (κ2) is 6.92. The van der Waals surface area contributed by atoms with Crippen LogP contribution in [0.2, 0.25) is 0 Å². The van der Waals surface area contributed by atoms with E-state index < -0.39 is 17.4 Å². The van der Waals surface area contributed by atoms with Crippen molar-refractivity contribution in [3.8, 4) is 0 Å². The average Bonchev–Trinajstić information content (AvgIpc) is 2.34. The molecule has 0 aliphatic heterocycles. The molecule has 0 saturated heterocycles. The molecule has 0 radical (unpaired) electrons. The van der Waals surface area contributed by atoms with Gasteiger partial charge in [0.1, 0.15) is 5.69 Å². The Bertz CT molecular complexity index is 480. The monoisotopic (exact) mass is 290 g/mol. The summed E-state index contributed by atoms with van der Waals surface area (Å²) in [5, 5.41) is 3.20. The third-order valence-corrected chi connectivity index (χ3v) is 3.18. The van der Waals surface area contributed by atoms with Gasteiger partial charge in [-0.1, -0.05) is 26.8 Å². The minimum Gasteiger partial charge on any atom is -0.312 e. The Balaban J connectivity index is 3.09. The third-order valence-electron chi connectivity index (χ3n) is 3.18. The molecule has 0 aliphatic carbocycles. The maximum Gasteiger partial charge on any atom is 0.431 e. The van der Waals surface area contributed by atoms with Crippen molar-refractivity contribution in [1.82, 2.24) is 9.88 Å². The largest absolute Gasteiger partial charge is 0.431 e. The first-order valence-corrected chi connectivity index (χ1v) is 6.77. The van der Waals surface area contributed by atoms with Gasteiger partial charge >= 0.3 is 6.18 Å². The lowest BCUT2D eigenvalue weighted by atomic mass is 10.0. The summed E-state index contributed by atoms with van der Waals surface area (Å²) in [7, 11) is 0. The van der Waals surface area contributed by atoms with Crippen LogP contribution in [0.15, 0.2) is 23.0 Å². The predicted octanol–water partition coefficient (Wildman–Crippen LogP) is 2.89. The van der Waals surface area contributed by atoms with E-state index in [2.05, 4.69) is 5.32 Å². The van der Waals surface area contributed by atoms with Crippen LogP contribution in [0.25, 0.3) is 0 Å². The van der Waals surface area contributed by atoms with E-state index in [0.29, 0.717) is 6.54 Å². The summed E-state index contributed by atoms with van der Waals surface area (Å²) in [4.78, 5) is 11.8. The zero-order chi connectivity index (χ0) is 15.3. The summed E-state index contributed by atoms with van der Waals surface area (Å²) < 4.78 is 39.7. The fourth-order valence-corrected chi connectivity index (χ4v) is 1.99. The lowest BCUT2D eigenvalue weighted by Crippen LogP contribution is -2.42. The summed E-state index contributed by atoms with van der Waals surface area (Å²) in [6.07, 6.45) is -3.63. The first-order valence-electron chi connectivity index (χ1n) is 6.77. The highest BCUT2D eigenvalue weighted by Gasteiger charge is 2.34. The van der Waals surface area contributed by atoms with Crippen molar-refractivity contribution in [1.29, 1.82) is 0 Å². The van der Waals surface area contributed by atoms with Crippen molar-refractivity contribution in [2.24, 2.45) is 5.92 Å². The standard InChI is InChI=1S/C14H21F3N2O/c1-4-8-18-11(10(2)3)9-19-12(14(15,16)17)6-5-7-13(19)20/h5-7,10-11,18H,4,8-9H2,1-3H3. The molecule has 6 heteroatoms. The number of hydrogen-bond donors (Lipinski definition) is 1. The second-order valence-corrected chi connectivity index (χ2v) is 5.16. The molecule has 114 valence electrons. The molecule has 1 heterocycles. The van der Waals surface area contributed by atoms with Gasteiger partial charge in [-0.15, -0.1) is 0 Å². The zero-order valence-corrected chi connectivity index (χ0v) is 12.0. The van der Waals surface area contributed by atoms with Crippen molar-refractivity contribution in [2.75, 3.05) is 6.54 Å². The van der Waals surface area contributed by atoms with Crippen LogP contribution in [0.4, 0.5) is 13.2 Å². The van der Waals surface area contributed by atoms with Gasteiger partial charge < -0.3 is 9.88 Å². The number of pyridine rings is 1. The van der Waals surface area contributed by atoms with Crippen molar-refractivity contribution < 1.29 is 13.2 Å². The molecule has 1 rings (SSSR count). The van der Waals surface area contributed by atoms with E-state index in [4.69, 9.17) is 0 Å². The van der Waals surface area contributed by atoms with Crippen LogP contribution in [0.5, 0.6) is 0 Å². The zero-order valence-electron chi connectivity index (χ0n) is 12.0. The van der Waals surface area contributed by atoms with E-state index in [-0.39, 0.29) is 18.5 Å². The van der Waals surface area contributed by atoms with Gasteiger partial charge in [0.2, 0.25) is 0 Å². The van der Waals surface area contributed by atoms with Gasteiger partial charge in [-0.3, -0.25) is 4.79 Å². The highest BCUT2D eigenvalue weighted by Crippen LogP contribution is 2.28. The molecule has 1 unspecified atom stereocenters. The number of nitrogens with one attached hydrogen (secondary N) is 1. The van der Waals surface area contributed by atoms with E-state index in [0.717, 1.165) is 29.2 Å². The summed E-state index contributed by atoms with van der Waals surface area (Å²) in [6.45, 7) is 6.57. The van der Waals surface area contributed by atoms with Gasteiger partial charge in [0.25, 0.3) is 5.56 Å². The summed E-state index contributed by atoms with van der Waals surface area (Å²) in [5.74, 6) is 0.134. The molecule has 0 saturated carbocycles. The molecule has 3 nitrogen and oxygen atoms in total. The molecule has 0 amide bonds. The lowest BCUT2D eigenvalue weighted by Gasteiger charge is -2.25. The Labute approximate surface area is 116 Å². The maximum absolute atomic E-state index is 13.0. The topological polar surface area (TPSA) is 34.0 Å². The van der Waals surface area contributed by atoms with Crippen molar-refractivity contribution >= 4 is 0 Å². The van der Waals surface area contributed by atoms with E-state index in [1.807, 2.05) is 20.8 Å². The van der Waals surface area contributed by atoms with E-state index in [1.54, 1.807) is 0 Å². The van der Waals surface area contributed by atoms with Gasteiger partial charge in [-0.25, -0.2) is 0 Å². The predicted molar refractivity (Wildman–Crippen MR) is 72.6 cm³/mol. The highest BCUT2D eigenvalue weighted by molar-refractivity contribution is 5.10. The molecular formula is C14H21F3N2O. The summed E-state index contributed by atoms with van der Waals surface area (Å²) in [5.41, 5.74) is -1.52. The Morgan fingerprint density at radius 3 is 2.45 bits per heavy atom. The second-order valence-electron chi connectivity index (χ2n) is 5.16. The summed E-state index contributed by atoms with van der Waals surface area (Å²) >= 11 is 0. The quantitative estimate of drug-likeness (QED) is 0.874. The van der Waals surface area contributed by atoms with Crippen LogP contribution < -0.4 is 10.9 Å². The van der Waals surface area contributed by atoms with Crippen LogP contribution in [0.1, 0.15) is 32.9 Å². The highest BCUT2D eigenvalue weighted by atomic mass is 19.4. The van der Waals surface area contributed by atoms with Crippen LogP contribution >= 0.6 is 0 Å². The normalized spacial score (nSPS) is 13.8. The molecule has 0 spiro atoms. The number of aromatic nitrogens is 1. The minimum absolute atomic E-state index is 0.0200. The van der Waals surface area contributed by atoms with Crippen LogP contribution in [0, 0.1) is 5.92 Å². The first kappa shape index (κ1) is 16.8. The molecule has 1 atom stereocenters. The molecule has 0 bridgehead atoms. The van der Waals surface area contributed by atoms with Gasteiger partial charge in [-0.05, 0) is 24.9 Å². The van der Waals surface area contributed by atoms with E-state index >= 15 is 0 Å². The molecule has 1 aromatic heterocycles. The number of nitrogens with zero attached hydrogens (tertiary/aromatic N) is 1. The third kappa shape index (κ3) is 4.37. The Hall–Kier alpha value is -1.30. The number of hydrogen-bond acceptors (Lipinski definition) is 2. The molecule has 0 aliphatic rings. The molecule has 20 heavy (non-hydrogen) atoms. The van der Waals surface area contributed by atoms with Crippen LogP contribution in [-0.4, -0.2) is 17.2 Å². The average molecular weight is 290 g/mol. The van der Waals surface area contributed by atoms with Gasteiger partial charge in [0.15, 0.2) is 0 Å². The number of rotatable bonds is 6. The fraction of sp³-hybridized carbons (Fsp3) is 0.643.